The van der Waals surface area contributed by atoms with Crippen molar-refractivity contribution in [2.24, 2.45) is 0 Å². The molecule has 0 aliphatic rings. The van der Waals surface area contributed by atoms with Crippen LogP contribution in [0.2, 0.25) is 0 Å². The number of benzene rings is 1. The van der Waals surface area contributed by atoms with Gasteiger partial charge in [0.15, 0.2) is 11.6 Å². The zero-order valence-corrected chi connectivity index (χ0v) is 9.05. The average Bonchev–Trinajstić information content (AvgIpc) is 2.58. The molecule has 0 aliphatic heterocycles. The van der Waals surface area contributed by atoms with Crippen molar-refractivity contribution >= 4 is 18.2 Å². The lowest BCUT2D eigenvalue weighted by Gasteiger charge is -2.02. The number of hydrogen-bond acceptors (Lipinski definition) is 2. The summed E-state index contributed by atoms with van der Waals surface area (Å²) in [4.78, 5) is 3.83. The predicted octanol–water partition coefficient (Wildman–Crippen LogP) is 2.21. The van der Waals surface area contributed by atoms with Gasteiger partial charge in [-0.2, -0.15) is 0 Å². The Morgan fingerprint density at radius 3 is 2.56 bits per heavy atom. The van der Waals surface area contributed by atoms with Gasteiger partial charge in [0.1, 0.15) is 5.82 Å². The van der Waals surface area contributed by atoms with E-state index in [4.69, 9.17) is 5.73 Å². The van der Waals surface area contributed by atoms with Crippen LogP contribution in [0.3, 0.4) is 0 Å². The lowest BCUT2D eigenvalue weighted by molar-refractivity contribution is 0.506. The van der Waals surface area contributed by atoms with E-state index in [0.29, 0.717) is 17.9 Å². The van der Waals surface area contributed by atoms with Crippen LogP contribution in [0.5, 0.6) is 0 Å². The number of imidazole rings is 1. The van der Waals surface area contributed by atoms with Crippen molar-refractivity contribution in [3.63, 3.8) is 0 Å². The molecular formula is C10H10ClF2N3. The van der Waals surface area contributed by atoms with Gasteiger partial charge in [-0.15, -0.1) is 12.4 Å². The molecule has 2 rings (SSSR count). The molecule has 0 saturated heterocycles. The van der Waals surface area contributed by atoms with Gasteiger partial charge in [0, 0.05) is 12.7 Å². The van der Waals surface area contributed by atoms with Crippen LogP contribution in [-0.2, 0) is 6.54 Å². The van der Waals surface area contributed by atoms with E-state index in [1.807, 2.05) is 0 Å². The number of rotatable bonds is 2. The van der Waals surface area contributed by atoms with Crippen molar-refractivity contribution in [2.45, 2.75) is 6.54 Å². The highest BCUT2D eigenvalue weighted by Gasteiger charge is 2.03. The van der Waals surface area contributed by atoms with Crippen LogP contribution in [0.1, 0.15) is 5.56 Å². The maximum atomic E-state index is 12.9. The lowest BCUT2D eigenvalue weighted by Crippen LogP contribution is -1.98. The lowest BCUT2D eigenvalue weighted by atomic mass is 10.2. The predicted molar refractivity (Wildman–Crippen MR) is 59.3 cm³/mol. The van der Waals surface area contributed by atoms with Crippen LogP contribution < -0.4 is 5.73 Å². The summed E-state index contributed by atoms with van der Waals surface area (Å²) in [6.45, 7) is 0.418. The number of nitrogen functional groups attached to an aromatic ring is 1. The number of anilines is 1. The molecule has 0 radical (unpaired) electrons. The highest BCUT2D eigenvalue weighted by Crippen LogP contribution is 2.10. The van der Waals surface area contributed by atoms with Crippen LogP contribution >= 0.6 is 12.4 Å². The van der Waals surface area contributed by atoms with E-state index >= 15 is 0 Å². The molecule has 1 heterocycles. The first-order valence-corrected chi connectivity index (χ1v) is 4.36. The van der Waals surface area contributed by atoms with Crippen LogP contribution in [0.15, 0.2) is 30.7 Å². The smallest absolute Gasteiger partial charge is 0.159 e. The zero-order chi connectivity index (χ0) is 10.8. The molecule has 16 heavy (non-hydrogen) atoms. The van der Waals surface area contributed by atoms with Crippen molar-refractivity contribution in [1.82, 2.24) is 9.55 Å². The van der Waals surface area contributed by atoms with Crippen LogP contribution in [0, 0.1) is 11.6 Å². The van der Waals surface area contributed by atoms with Crippen molar-refractivity contribution in [2.75, 3.05) is 5.73 Å². The summed E-state index contributed by atoms with van der Waals surface area (Å²) in [6, 6.07) is 3.78. The Morgan fingerprint density at radius 1 is 1.25 bits per heavy atom. The quantitative estimate of drug-likeness (QED) is 0.882. The summed E-state index contributed by atoms with van der Waals surface area (Å²) < 4.78 is 27.2. The Balaban J connectivity index is 0.00000128. The van der Waals surface area contributed by atoms with Gasteiger partial charge in [-0.1, -0.05) is 6.07 Å². The topological polar surface area (TPSA) is 43.8 Å². The molecule has 2 N–H and O–H groups in total. The normalized spacial score (nSPS) is 9.88. The van der Waals surface area contributed by atoms with Gasteiger partial charge in [0.2, 0.25) is 0 Å². The molecule has 2 aromatic rings. The first-order valence-electron chi connectivity index (χ1n) is 4.36. The third kappa shape index (κ3) is 2.70. The van der Waals surface area contributed by atoms with Gasteiger partial charge in [-0.3, -0.25) is 0 Å². The maximum Gasteiger partial charge on any atom is 0.159 e. The largest absolute Gasteiger partial charge is 0.382 e. The Bertz CT molecular complexity index is 485. The zero-order valence-electron chi connectivity index (χ0n) is 8.23. The number of hydrogen-bond donors (Lipinski definition) is 1. The van der Waals surface area contributed by atoms with E-state index in [9.17, 15) is 8.78 Å². The van der Waals surface area contributed by atoms with Crippen LogP contribution in [0.4, 0.5) is 14.6 Å². The minimum atomic E-state index is -0.847. The Labute approximate surface area is 97.3 Å². The van der Waals surface area contributed by atoms with Gasteiger partial charge in [-0.05, 0) is 17.7 Å². The highest BCUT2D eigenvalue weighted by atomic mass is 35.5. The first-order chi connectivity index (χ1) is 7.15. The van der Waals surface area contributed by atoms with Crippen molar-refractivity contribution < 1.29 is 8.78 Å². The molecule has 0 bridgehead atoms. The Morgan fingerprint density at radius 2 is 2.00 bits per heavy atom. The number of halogens is 3. The SMILES string of the molecule is Cl.Nc1cn(Cc2ccc(F)c(F)c2)cn1. The summed E-state index contributed by atoms with van der Waals surface area (Å²) >= 11 is 0. The molecular weight excluding hydrogens is 236 g/mol. The summed E-state index contributed by atoms with van der Waals surface area (Å²) in [5.41, 5.74) is 6.08. The van der Waals surface area contributed by atoms with Gasteiger partial charge in [-0.25, -0.2) is 13.8 Å². The molecule has 0 aliphatic carbocycles. The third-order valence-corrected chi connectivity index (χ3v) is 2.00. The van der Waals surface area contributed by atoms with Crippen molar-refractivity contribution in [3.8, 4) is 0 Å². The second-order valence-electron chi connectivity index (χ2n) is 3.22. The highest BCUT2D eigenvalue weighted by molar-refractivity contribution is 5.85. The van der Waals surface area contributed by atoms with Gasteiger partial charge < -0.3 is 10.3 Å². The number of nitrogens with two attached hydrogens (primary N) is 1. The molecule has 0 unspecified atom stereocenters. The van der Waals surface area contributed by atoms with E-state index in [0.717, 1.165) is 12.1 Å². The standard InChI is InChI=1S/C10H9F2N3.ClH/c11-8-2-1-7(3-9(8)12)4-15-5-10(13)14-6-15;/h1-3,5-6H,4,13H2;1H. The first kappa shape index (κ1) is 12.4. The molecule has 1 aromatic carbocycles. The average molecular weight is 246 g/mol. The molecule has 0 spiro atoms. The van der Waals surface area contributed by atoms with E-state index < -0.39 is 11.6 Å². The van der Waals surface area contributed by atoms with Gasteiger partial charge in [0.25, 0.3) is 0 Å². The number of aromatic nitrogens is 2. The fraction of sp³-hybridized carbons (Fsp3) is 0.100. The van der Waals surface area contributed by atoms with Crippen molar-refractivity contribution in [3.05, 3.63) is 47.9 Å². The minimum Gasteiger partial charge on any atom is -0.382 e. The van der Waals surface area contributed by atoms with Crippen molar-refractivity contribution in [1.29, 1.82) is 0 Å². The Hall–Kier alpha value is -1.62. The van der Waals surface area contributed by atoms with Crippen LogP contribution in [-0.4, -0.2) is 9.55 Å². The summed E-state index contributed by atoms with van der Waals surface area (Å²) in [6.07, 6.45) is 3.16. The fourth-order valence-electron chi connectivity index (χ4n) is 1.31. The molecule has 6 heteroatoms. The second kappa shape index (κ2) is 4.94. The summed E-state index contributed by atoms with van der Waals surface area (Å²) in [5.74, 6) is -1.29. The second-order valence-corrected chi connectivity index (χ2v) is 3.22. The minimum absolute atomic E-state index is 0. The van der Waals surface area contributed by atoms with Crippen LogP contribution in [0.25, 0.3) is 0 Å². The molecule has 1 aromatic heterocycles. The van der Waals surface area contributed by atoms with E-state index in [1.165, 1.54) is 12.4 Å². The Kier molecular flexibility index (Phi) is 3.84. The summed E-state index contributed by atoms with van der Waals surface area (Å²) in [7, 11) is 0. The van der Waals surface area contributed by atoms with E-state index in [-0.39, 0.29) is 12.4 Å². The molecule has 3 nitrogen and oxygen atoms in total. The van der Waals surface area contributed by atoms with Gasteiger partial charge in [0.05, 0.1) is 6.33 Å². The van der Waals surface area contributed by atoms with E-state index in [1.54, 1.807) is 10.8 Å². The van der Waals surface area contributed by atoms with Gasteiger partial charge >= 0.3 is 0 Å². The molecule has 0 saturated carbocycles. The molecule has 86 valence electrons. The molecule has 0 amide bonds. The maximum absolute atomic E-state index is 12.9. The summed E-state index contributed by atoms with van der Waals surface area (Å²) in [5, 5.41) is 0. The third-order valence-electron chi connectivity index (χ3n) is 2.00. The molecule has 0 fully saturated rings. The fourth-order valence-corrected chi connectivity index (χ4v) is 1.31. The number of nitrogens with zero attached hydrogens (tertiary/aromatic N) is 2. The monoisotopic (exact) mass is 245 g/mol. The molecule has 0 atom stereocenters. The van der Waals surface area contributed by atoms with E-state index in [2.05, 4.69) is 4.98 Å².